The van der Waals surface area contributed by atoms with Crippen LogP contribution in [0.15, 0.2) is 0 Å². The Morgan fingerprint density at radius 1 is 1.40 bits per heavy atom. The van der Waals surface area contributed by atoms with Crippen LogP contribution in [0.2, 0.25) is 0 Å². The van der Waals surface area contributed by atoms with Crippen molar-refractivity contribution in [1.82, 2.24) is 0 Å². The minimum Gasteiger partial charge on any atom is -0.463 e. The molecule has 0 radical (unpaired) electrons. The highest BCUT2D eigenvalue weighted by Gasteiger charge is 2.33. The molecule has 0 aliphatic heterocycles. The number of esters is 1. The van der Waals surface area contributed by atoms with Crippen molar-refractivity contribution in [3.05, 3.63) is 0 Å². The molecule has 0 aromatic heterocycles. The highest BCUT2D eigenvalue weighted by Crippen LogP contribution is 2.45. The van der Waals surface area contributed by atoms with Crippen molar-refractivity contribution in [1.29, 1.82) is 0 Å². The molecular formula is C8H17O6P. The van der Waals surface area contributed by atoms with Gasteiger partial charge in [0, 0.05) is 12.6 Å². The molecule has 0 aromatic rings. The molecular weight excluding hydrogens is 223 g/mol. The van der Waals surface area contributed by atoms with E-state index in [0.29, 0.717) is 0 Å². The number of hydrogen-bond acceptors (Lipinski definition) is 5. The van der Waals surface area contributed by atoms with E-state index in [-0.39, 0.29) is 12.6 Å². The average Bonchev–Trinajstić information content (AvgIpc) is 2.23. The summed E-state index contributed by atoms with van der Waals surface area (Å²) in [5, 5.41) is 18.5. The lowest BCUT2D eigenvalue weighted by Crippen LogP contribution is -2.31. The predicted octanol–water partition coefficient (Wildman–Crippen LogP) is -0.0908. The standard InChI is InChI=1S/C8H17O6P/c1-3-7(10)14-5-6(9)8(11)15(12,13)4-2/h6,8-9,11H,3-5H2,1-2H3,(H,12,13). The van der Waals surface area contributed by atoms with Crippen LogP contribution in [0.4, 0.5) is 0 Å². The summed E-state index contributed by atoms with van der Waals surface area (Å²) >= 11 is 0. The Labute approximate surface area is 88.3 Å². The molecule has 0 fully saturated rings. The van der Waals surface area contributed by atoms with E-state index < -0.39 is 31.9 Å². The first-order chi connectivity index (χ1) is 6.85. The van der Waals surface area contributed by atoms with Gasteiger partial charge < -0.3 is 19.8 Å². The second-order valence-corrected chi connectivity index (χ2v) is 5.76. The van der Waals surface area contributed by atoms with Gasteiger partial charge in [-0.1, -0.05) is 13.8 Å². The molecule has 3 unspecified atom stereocenters. The van der Waals surface area contributed by atoms with Crippen molar-refractivity contribution in [2.45, 2.75) is 32.2 Å². The van der Waals surface area contributed by atoms with E-state index in [2.05, 4.69) is 4.74 Å². The van der Waals surface area contributed by atoms with Crippen LogP contribution in [0.25, 0.3) is 0 Å². The van der Waals surface area contributed by atoms with Gasteiger partial charge in [-0.05, 0) is 0 Å². The first-order valence-corrected chi connectivity index (χ1v) is 6.59. The van der Waals surface area contributed by atoms with Crippen LogP contribution in [0.3, 0.4) is 0 Å². The molecule has 0 saturated heterocycles. The Hall–Kier alpha value is -0.420. The van der Waals surface area contributed by atoms with E-state index in [1.807, 2.05) is 0 Å². The summed E-state index contributed by atoms with van der Waals surface area (Å²) in [5.74, 6) is -2.31. The van der Waals surface area contributed by atoms with Gasteiger partial charge in [0.05, 0.1) is 0 Å². The molecule has 3 N–H and O–H groups in total. The summed E-state index contributed by atoms with van der Waals surface area (Å²) in [7, 11) is -3.77. The maximum absolute atomic E-state index is 11.2. The second kappa shape index (κ2) is 6.23. The summed E-state index contributed by atoms with van der Waals surface area (Å²) in [6.45, 7) is 2.53. The van der Waals surface area contributed by atoms with E-state index in [1.165, 1.54) is 6.92 Å². The van der Waals surface area contributed by atoms with Gasteiger partial charge in [-0.2, -0.15) is 0 Å². The average molecular weight is 240 g/mol. The third-order valence-electron chi connectivity index (χ3n) is 1.91. The number of rotatable bonds is 6. The minimum atomic E-state index is -3.77. The molecule has 3 atom stereocenters. The predicted molar refractivity (Wildman–Crippen MR) is 53.6 cm³/mol. The maximum Gasteiger partial charge on any atom is 0.305 e. The van der Waals surface area contributed by atoms with Crippen LogP contribution >= 0.6 is 7.37 Å². The molecule has 0 aliphatic rings. The van der Waals surface area contributed by atoms with Crippen molar-refractivity contribution in [3.8, 4) is 0 Å². The molecule has 0 aliphatic carbocycles. The van der Waals surface area contributed by atoms with Crippen molar-refractivity contribution in [2.75, 3.05) is 12.8 Å². The van der Waals surface area contributed by atoms with Gasteiger partial charge in [0.15, 0.2) is 5.85 Å². The van der Waals surface area contributed by atoms with Gasteiger partial charge in [0.2, 0.25) is 7.37 Å². The zero-order valence-corrected chi connectivity index (χ0v) is 9.68. The molecule has 0 spiro atoms. The fourth-order valence-electron chi connectivity index (χ4n) is 0.822. The Balaban J connectivity index is 4.16. The molecule has 0 saturated carbocycles. The zero-order valence-electron chi connectivity index (χ0n) is 8.79. The van der Waals surface area contributed by atoms with E-state index in [1.54, 1.807) is 6.92 Å². The van der Waals surface area contributed by atoms with Gasteiger partial charge >= 0.3 is 5.97 Å². The second-order valence-electron chi connectivity index (χ2n) is 3.09. The monoisotopic (exact) mass is 240 g/mol. The van der Waals surface area contributed by atoms with Crippen molar-refractivity contribution in [2.24, 2.45) is 0 Å². The number of aliphatic hydroxyl groups excluding tert-OH is 2. The van der Waals surface area contributed by atoms with Gasteiger partial charge in [0.1, 0.15) is 12.7 Å². The van der Waals surface area contributed by atoms with E-state index in [4.69, 9.17) is 0 Å². The lowest BCUT2D eigenvalue weighted by Gasteiger charge is -2.21. The van der Waals surface area contributed by atoms with Gasteiger partial charge in [-0.25, -0.2) is 0 Å². The largest absolute Gasteiger partial charge is 0.463 e. The Kier molecular flexibility index (Phi) is 6.05. The SMILES string of the molecule is CCC(=O)OCC(O)C(O)P(=O)(O)CC. The smallest absolute Gasteiger partial charge is 0.305 e. The van der Waals surface area contributed by atoms with Crippen LogP contribution < -0.4 is 0 Å². The highest BCUT2D eigenvalue weighted by atomic mass is 31.2. The van der Waals surface area contributed by atoms with Gasteiger partial charge in [-0.15, -0.1) is 0 Å². The molecule has 0 bridgehead atoms. The van der Waals surface area contributed by atoms with Crippen LogP contribution in [0, 0.1) is 0 Å². The quantitative estimate of drug-likeness (QED) is 0.442. The number of ether oxygens (including phenoxy) is 1. The molecule has 0 amide bonds. The highest BCUT2D eigenvalue weighted by molar-refractivity contribution is 7.58. The topological polar surface area (TPSA) is 104 Å². The molecule has 7 heteroatoms. The first kappa shape index (κ1) is 14.6. The Bertz CT molecular complexity index is 254. The third-order valence-corrected chi connectivity index (χ3v) is 3.99. The third kappa shape index (κ3) is 4.75. The zero-order chi connectivity index (χ0) is 12.1. The number of hydrogen-bond donors (Lipinski definition) is 3. The first-order valence-electron chi connectivity index (χ1n) is 4.68. The van der Waals surface area contributed by atoms with Crippen molar-refractivity contribution >= 4 is 13.3 Å². The molecule has 15 heavy (non-hydrogen) atoms. The fraction of sp³-hybridized carbons (Fsp3) is 0.875. The molecule has 0 aromatic carbocycles. The van der Waals surface area contributed by atoms with Crippen LogP contribution in [-0.2, 0) is 14.1 Å². The van der Waals surface area contributed by atoms with Gasteiger partial charge in [0.25, 0.3) is 0 Å². The lowest BCUT2D eigenvalue weighted by atomic mass is 10.4. The Morgan fingerprint density at radius 2 is 1.93 bits per heavy atom. The summed E-state index contributed by atoms with van der Waals surface area (Å²) in [6, 6.07) is 0. The van der Waals surface area contributed by atoms with E-state index >= 15 is 0 Å². The summed E-state index contributed by atoms with van der Waals surface area (Å²) in [6.07, 6.45) is -1.53. The summed E-state index contributed by atoms with van der Waals surface area (Å²) < 4.78 is 15.8. The van der Waals surface area contributed by atoms with Crippen LogP contribution in [0.5, 0.6) is 0 Å². The number of carbonyl (C=O) groups excluding carboxylic acids is 1. The van der Waals surface area contributed by atoms with Crippen molar-refractivity contribution in [3.63, 3.8) is 0 Å². The van der Waals surface area contributed by atoms with E-state index in [9.17, 15) is 24.5 Å². The molecule has 0 rings (SSSR count). The lowest BCUT2D eigenvalue weighted by molar-refractivity contribution is -0.147. The molecule has 6 nitrogen and oxygen atoms in total. The minimum absolute atomic E-state index is 0.146. The maximum atomic E-state index is 11.2. The number of aliphatic hydroxyl groups is 2. The molecule has 0 heterocycles. The normalized spacial score (nSPS) is 19.0. The van der Waals surface area contributed by atoms with E-state index in [0.717, 1.165) is 0 Å². The van der Waals surface area contributed by atoms with Crippen LogP contribution in [-0.4, -0.2) is 45.8 Å². The summed E-state index contributed by atoms with van der Waals surface area (Å²) in [4.78, 5) is 19.9. The van der Waals surface area contributed by atoms with Crippen molar-refractivity contribution < 1.29 is 29.2 Å². The molecule has 90 valence electrons. The summed E-state index contributed by atoms with van der Waals surface area (Å²) in [5.41, 5.74) is 0. The van der Waals surface area contributed by atoms with Gasteiger partial charge in [-0.3, -0.25) is 9.36 Å². The number of carbonyl (C=O) groups is 1. The fourth-order valence-corrected chi connectivity index (χ4v) is 1.82. The Morgan fingerprint density at radius 3 is 2.33 bits per heavy atom. The van der Waals surface area contributed by atoms with Crippen LogP contribution in [0.1, 0.15) is 20.3 Å².